The lowest BCUT2D eigenvalue weighted by atomic mass is 10.1. The van der Waals surface area contributed by atoms with Gasteiger partial charge in [-0.1, -0.05) is 12.8 Å². The topological polar surface area (TPSA) is 103 Å². The zero-order valence-electron chi connectivity index (χ0n) is 21.7. The Balaban J connectivity index is 1.58. The number of methoxy groups -OCH3 is 1. The van der Waals surface area contributed by atoms with Gasteiger partial charge in [-0.2, -0.15) is 4.98 Å². The molecule has 2 heterocycles. The number of rotatable bonds is 9. The van der Waals surface area contributed by atoms with Crippen molar-refractivity contribution in [2.45, 2.75) is 44.6 Å². The van der Waals surface area contributed by atoms with Crippen molar-refractivity contribution >= 4 is 35.0 Å². The number of anilines is 4. The summed E-state index contributed by atoms with van der Waals surface area (Å²) in [5.41, 5.74) is 1.84. The molecule has 1 aliphatic carbocycles. The average Bonchev–Trinajstić information content (AvgIpc) is 3.37. The van der Waals surface area contributed by atoms with Crippen LogP contribution in [0.4, 0.5) is 23.1 Å². The van der Waals surface area contributed by atoms with Crippen molar-refractivity contribution in [3.63, 3.8) is 0 Å². The third-order valence-electron chi connectivity index (χ3n) is 6.87. The van der Waals surface area contributed by atoms with Crippen molar-refractivity contribution in [3.8, 4) is 5.75 Å². The first kappa shape index (κ1) is 25.7. The molecule has 0 radical (unpaired) electrons. The molecule has 0 bridgehead atoms. The second kappa shape index (κ2) is 11.6. The molecular weight excluding hydrogens is 458 g/mol. The number of carbonyl (C=O) groups is 2. The highest BCUT2D eigenvalue weighted by Gasteiger charge is 2.31. The number of aromatic nitrogens is 2. The summed E-state index contributed by atoms with van der Waals surface area (Å²) in [5.74, 6) is 1.65. The quantitative estimate of drug-likeness (QED) is 0.512. The van der Waals surface area contributed by atoms with Gasteiger partial charge in [0.1, 0.15) is 11.4 Å². The molecule has 1 aromatic carbocycles. The van der Waals surface area contributed by atoms with Crippen LogP contribution in [0.15, 0.2) is 24.4 Å². The van der Waals surface area contributed by atoms with Gasteiger partial charge in [-0.15, -0.1) is 0 Å². The van der Waals surface area contributed by atoms with E-state index in [0.29, 0.717) is 54.2 Å². The molecular formula is C26H37N7O3. The van der Waals surface area contributed by atoms with E-state index >= 15 is 0 Å². The second-order valence-corrected chi connectivity index (χ2v) is 9.69. The molecule has 2 N–H and O–H groups in total. The first-order valence-electron chi connectivity index (χ1n) is 12.7. The van der Waals surface area contributed by atoms with Crippen LogP contribution >= 0.6 is 0 Å². The molecule has 1 saturated carbocycles. The number of benzene rings is 1. The summed E-state index contributed by atoms with van der Waals surface area (Å²) in [5, 5.41) is 6.21. The minimum atomic E-state index is -0.144. The number of hydrogen-bond donors (Lipinski definition) is 2. The van der Waals surface area contributed by atoms with E-state index in [1.807, 2.05) is 14.1 Å². The highest BCUT2D eigenvalue weighted by atomic mass is 16.5. The van der Waals surface area contributed by atoms with Gasteiger partial charge in [-0.25, -0.2) is 4.98 Å². The zero-order chi connectivity index (χ0) is 25.7. The number of fused-ring (bicyclic) bond motifs is 1. The van der Waals surface area contributed by atoms with Crippen molar-refractivity contribution in [2.24, 2.45) is 0 Å². The van der Waals surface area contributed by atoms with Crippen LogP contribution in [0.25, 0.3) is 0 Å². The van der Waals surface area contributed by atoms with Crippen LogP contribution in [0.1, 0.15) is 48.9 Å². The van der Waals surface area contributed by atoms with Gasteiger partial charge in [0.25, 0.3) is 5.91 Å². The normalized spacial score (nSPS) is 16.2. The first-order valence-corrected chi connectivity index (χ1v) is 12.7. The van der Waals surface area contributed by atoms with Gasteiger partial charge in [0.2, 0.25) is 11.9 Å². The number of nitrogens with one attached hydrogen (secondary N) is 2. The predicted molar refractivity (Wildman–Crippen MR) is 141 cm³/mol. The lowest BCUT2D eigenvalue weighted by Gasteiger charge is -2.30. The molecule has 2 aliphatic rings. The number of carbonyl (C=O) groups excluding carboxylic acids is 2. The van der Waals surface area contributed by atoms with Gasteiger partial charge >= 0.3 is 0 Å². The van der Waals surface area contributed by atoms with Gasteiger partial charge in [-0.05, 0) is 58.1 Å². The molecule has 0 unspecified atom stereocenters. The van der Waals surface area contributed by atoms with Crippen LogP contribution in [0.5, 0.6) is 5.75 Å². The molecule has 0 saturated heterocycles. The number of amides is 2. The van der Waals surface area contributed by atoms with E-state index in [4.69, 9.17) is 9.72 Å². The molecule has 1 fully saturated rings. The third-order valence-corrected chi connectivity index (χ3v) is 6.87. The van der Waals surface area contributed by atoms with E-state index in [9.17, 15) is 9.59 Å². The van der Waals surface area contributed by atoms with Gasteiger partial charge < -0.3 is 30.1 Å². The van der Waals surface area contributed by atoms with Crippen molar-refractivity contribution < 1.29 is 14.3 Å². The number of hydrogen-bond acceptors (Lipinski definition) is 8. The summed E-state index contributed by atoms with van der Waals surface area (Å²) >= 11 is 0. The largest absolute Gasteiger partial charge is 0.495 e. The molecule has 0 spiro atoms. The average molecular weight is 496 g/mol. The summed E-state index contributed by atoms with van der Waals surface area (Å²) in [6.07, 6.45) is 7.61. The minimum absolute atomic E-state index is 0.0621. The maximum atomic E-state index is 12.7. The van der Waals surface area contributed by atoms with Crippen LogP contribution in [-0.4, -0.2) is 80.6 Å². The first-order chi connectivity index (χ1) is 17.4. The van der Waals surface area contributed by atoms with E-state index in [1.165, 1.54) is 12.8 Å². The SMILES string of the molecule is COc1ccc(C(=O)NCCCN(C)C)cc1Nc1ncc2c(n1)N(C1CCCC1)CCC(=O)N2C. The van der Waals surface area contributed by atoms with Crippen LogP contribution < -0.4 is 25.2 Å². The summed E-state index contributed by atoms with van der Waals surface area (Å²) in [6.45, 7) is 2.15. The molecule has 194 valence electrons. The van der Waals surface area contributed by atoms with Gasteiger partial charge in [-0.3, -0.25) is 9.59 Å². The van der Waals surface area contributed by atoms with Gasteiger partial charge in [0.05, 0.1) is 19.0 Å². The molecule has 2 amide bonds. The Kier molecular flexibility index (Phi) is 8.25. The second-order valence-electron chi connectivity index (χ2n) is 9.69. The van der Waals surface area contributed by atoms with Crippen LogP contribution in [-0.2, 0) is 4.79 Å². The number of ether oxygens (including phenoxy) is 1. The fraction of sp³-hybridized carbons (Fsp3) is 0.538. The molecule has 36 heavy (non-hydrogen) atoms. The number of nitrogens with zero attached hydrogens (tertiary/aromatic N) is 5. The fourth-order valence-electron chi connectivity index (χ4n) is 4.84. The van der Waals surface area contributed by atoms with Crippen molar-refractivity contribution in [1.82, 2.24) is 20.2 Å². The van der Waals surface area contributed by atoms with E-state index in [2.05, 4.69) is 25.4 Å². The van der Waals surface area contributed by atoms with Crippen molar-refractivity contribution in [3.05, 3.63) is 30.0 Å². The van der Waals surface area contributed by atoms with E-state index in [0.717, 1.165) is 31.6 Å². The highest BCUT2D eigenvalue weighted by Crippen LogP contribution is 2.37. The molecule has 1 aromatic heterocycles. The Hall–Kier alpha value is -3.40. The molecule has 1 aliphatic heterocycles. The van der Waals surface area contributed by atoms with Gasteiger partial charge in [0.15, 0.2) is 5.82 Å². The lowest BCUT2D eigenvalue weighted by Crippen LogP contribution is -2.34. The summed E-state index contributed by atoms with van der Waals surface area (Å²) in [6, 6.07) is 5.63. The van der Waals surface area contributed by atoms with E-state index < -0.39 is 0 Å². The third kappa shape index (κ3) is 5.87. The molecule has 0 atom stereocenters. The fourth-order valence-corrected chi connectivity index (χ4v) is 4.84. The maximum absolute atomic E-state index is 12.7. The minimum Gasteiger partial charge on any atom is -0.495 e. The Morgan fingerprint density at radius 3 is 2.75 bits per heavy atom. The highest BCUT2D eigenvalue weighted by molar-refractivity contribution is 5.97. The standard InChI is InChI=1S/C26H37N7O3/c1-31(2)14-7-13-27-25(35)18-10-11-22(36-4)20(16-18)29-26-28-17-21-24(30-26)33(19-8-5-6-9-19)15-12-23(34)32(21)3/h10-11,16-17,19H,5-9,12-15H2,1-4H3,(H,27,35)(H,28,29,30). The monoisotopic (exact) mass is 495 g/mol. The Labute approximate surface area is 213 Å². The molecule has 10 nitrogen and oxygen atoms in total. The lowest BCUT2D eigenvalue weighted by molar-refractivity contribution is -0.118. The van der Waals surface area contributed by atoms with E-state index in [1.54, 1.807) is 43.5 Å². The summed E-state index contributed by atoms with van der Waals surface area (Å²) in [4.78, 5) is 40.7. The van der Waals surface area contributed by atoms with Crippen LogP contribution in [0.3, 0.4) is 0 Å². The zero-order valence-corrected chi connectivity index (χ0v) is 21.7. The smallest absolute Gasteiger partial charge is 0.251 e. The Morgan fingerprint density at radius 1 is 1.25 bits per heavy atom. The molecule has 4 rings (SSSR count). The van der Waals surface area contributed by atoms with Crippen LogP contribution in [0, 0.1) is 0 Å². The summed E-state index contributed by atoms with van der Waals surface area (Å²) < 4.78 is 5.52. The predicted octanol–water partition coefficient (Wildman–Crippen LogP) is 3.03. The molecule has 10 heteroatoms. The van der Waals surface area contributed by atoms with E-state index in [-0.39, 0.29) is 11.8 Å². The maximum Gasteiger partial charge on any atom is 0.251 e. The Morgan fingerprint density at radius 2 is 2.03 bits per heavy atom. The van der Waals surface area contributed by atoms with Crippen molar-refractivity contribution in [2.75, 3.05) is 63.0 Å². The van der Waals surface area contributed by atoms with Gasteiger partial charge in [0, 0.05) is 38.2 Å². The Bertz CT molecular complexity index is 1090. The van der Waals surface area contributed by atoms with Crippen LogP contribution in [0.2, 0.25) is 0 Å². The van der Waals surface area contributed by atoms with Crippen molar-refractivity contribution in [1.29, 1.82) is 0 Å². The summed E-state index contributed by atoms with van der Waals surface area (Å²) in [7, 11) is 7.38. The molecule has 2 aromatic rings.